The van der Waals surface area contributed by atoms with Crippen molar-refractivity contribution in [3.8, 4) is 5.75 Å². The standard InChI is InChI=1S/C16H20N2O/c1-11-7-8-12(2)13(10-11)15(17-3)16-14(19-4)6-5-9-18-16/h5-10,15,17H,1-4H3. The second-order valence-corrected chi connectivity index (χ2v) is 4.67. The van der Waals surface area contributed by atoms with Gasteiger partial charge in [-0.25, -0.2) is 0 Å². The van der Waals surface area contributed by atoms with Crippen LogP contribution in [0.25, 0.3) is 0 Å². The average Bonchev–Trinajstić information content (AvgIpc) is 2.44. The summed E-state index contributed by atoms with van der Waals surface area (Å²) in [5.41, 5.74) is 4.65. The van der Waals surface area contributed by atoms with Crippen molar-refractivity contribution in [3.05, 3.63) is 58.9 Å². The molecule has 19 heavy (non-hydrogen) atoms. The highest BCUT2D eigenvalue weighted by molar-refractivity contribution is 5.41. The van der Waals surface area contributed by atoms with E-state index in [2.05, 4.69) is 42.3 Å². The van der Waals surface area contributed by atoms with Crippen LogP contribution in [-0.2, 0) is 0 Å². The lowest BCUT2D eigenvalue weighted by molar-refractivity contribution is 0.401. The molecule has 3 heteroatoms. The van der Waals surface area contributed by atoms with Gasteiger partial charge in [-0.1, -0.05) is 23.8 Å². The smallest absolute Gasteiger partial charge is 0.142 e. The lowest BCUT2D eigenvalue weighted by Crippen LogP contribution is -2.20. The minimum Gasteiger partial charge on any atom is -0.495 e. The SMILES string of the molecule is CNC(c1cc(C)ccc1C)c1ncccc1OC. The van der Waals surface area contributed by atoms with Crippen LogP contribution in [0.3, 0.4) is 0 Å². The van der Waals surface area contributed by atoms with E-state index in [1.54, 1.807) is 13.3 Å². The van der Waals surface area contributed by atoms with Crippen LogP contribution in [0.2, 0.25) is 0 Å². The number of ether oxygens (including phenoxy) is 1. The third kappa shape index (κ3) is 2.76. The fourth-order valence-corrected chi connectivity index (χ4v) is 2.30. The maximum absolute atomic E-state index is 5.42. The largest absolute Gasteiger partial charge is 0.495 e. The number of nitrogens with zero attached hydrogens (tertiary/aromatic N) is 1. The Labute approximate surface area is 114 Å². The highest BCUT2D eigenvalue weighted by Gasteiger charge is 2.19. The lowest BCUT2D eigenvalue weighted by atomic mass is 9.96. The summed E-state index contributed by atoms with van der Waals surface area (Å²) in [5, 5.41) is 3.33. The number of nitrogens with one attached hydrogen (secondary N) is 1. The molecule has 0 saturated heterocycles. The average molecular weight is 256 g/mol. The molecule has 0 saturated carbocycles. The summed E-state index contributed by atoms with van der Waals surface area (Å²) in [6, 6.07) is 10.3. The van der Waals surface area contributed by atoms with Gasteiger partial charge >= 0.3 is 0 Å². The van der Waals surface area contributed by atoms with Gasteiger partial charge in [-0.3, -0.25) is 4.98 Å². The summed E-state index contributed by atoms with van der Waals surface area (Å²) in [6.45, 7) is 4.22. The van der Waals surface area contributed by atoms with E-state index in [4.69, 9.17) is 4.74 Å². The number of pyridine rings is 1. The second-order valence-electron chi connectivity index (χ2n) is 4.67. The molecule has 3 nitrogen and oxygen atoms in total. The molecule has 1 aromatic carbocycles. The first-order valence-electron chi connectivity index (χ1n) is 6.40. The molecule has 1 N–H and O–H groups in total. The molecule has 0 aliphatic rings. The van der Waals surface area contributed by atoms with Gasteiger partial charge in [0.1, 0.15) is 11.4 Å². The van der Waals surface area contributed by atoms with Gasteiger partial charge in [0, 0.05) is 6.20 Å². The second kappa shape index (κ2) is 5.85. The Kier molecular flexibility index (Phi) is 4.17. The van der Waals surface area contributed by atoms with Gasteiger partial charge in [-0.15, -0.1) is 0 Å². The number of benzene rings is 1. The van der Waals surface area contributed by atoms with Gasteiger partial charge in [0.15, 0.2) is 0 Å². The molecule has 1 unspecified atom stereocenters. The van der Waals surface area contributed by atoms with Crippen molar-refractivity contribution in [1.29, 1.82) is 0 Å². The minimum absolute atomic E-state index is 0.0380. The molecule has 0 bridgehead atoms. The first-order valence-corrected chi connectivity index (χ1v) is 6.40. The summed E-state index contributed by atoms with van der Waals surface area (Å²) in [4.78, 5) is 4.48. The lowest BCUT2D eigenvalue weighted by Gasteiger charge is -2.20. The maximum Gasteiger partial charge on any atom is 0.142 e. The molecule has 1 atom stereocenters. The molecule has 0 spiro atoms. The molecular weight excluding hydrogens is 236 g/mol. The van der Waals surface area contributed by atoms with E-state index in [1.165, 1.54) is 16.7 Å². The third-order valence-corrected chi connectivity index (χ3v) is 3.33. The topological polar surface area (TPSA) is 34.2 Å². The Morgan fingerprint density at radius 3 is 2.68 bits per heavy atom. The zero-order chi connectivity index (χ0) is 13.8. The van der Waals surface area contributed by atoms with E-state index in [0.29, 0.717) is 0 Å². The number of hydrogen-bond donors (Lipinski definition) is 1. The van der Waals surface area contributed by atoms with Gasteiger partial charge < -0.3 is 10.1 Å². The van der Waals surface area contributed by atoms with Gasteiger partial charge in [-0.2, -0.15) is 0 Å². The summed E-state index contributed by atoms with van der Waals surface area (Å²) >= 11 is 0. The summed E-state index contributed by atoms with van der Waals surface area (Å²) in [7, 11) is 3.62. The predicted octanol–water partition coefficient (Wildman–Crippen LogP) is 3.02. The number of methoxy groups -OCH3 is 1. The zero-order valence-electron chi connectivity index (χ0n) is 11.9. The molecule has 1 heterocycles. The molecule has 0 radical (unpaired) electrons. The van der Waals surface area contributed by atoms with E-state index in [-0.39, 0.29) is 6.04 Å². The fourth-order valence-electron chi connectivity index (χ4n) is 2.30. The molecule has 0 aliphatic carbocycles. The fraction of sp³-hybridized carbons (Fsp3) is 0.312. The third-order valence-electron chi connectivity index (χ3n) is 3.33. The molecule has 0 aliphatic heterocycles. The van der Waals surface area contributed by atoms with Crippen LogP contribution < -0.4 is 10.1 Å². The Hall–Kier alpha value is -1.87. The molecule has 1 aromatic heterocycles. The van der Waals surface area contributed by atoms with Crippen LogP contribution >= 0.6 is 0 Å². The number of rotatable bonds is 4. The van der Waals surface area contributed by atoms with Crippen LogP contribution in [-0.4, -0.2) is 19.1 Å². The van der Waals surface area contributed by atoms with Crippen LogP contribution in [0.5, 0.6) is 5.75 Å². The minimum atomic E-state index is 0.0380. The summed E-state index contributed by atoms with van der Waals surface area (Å²) in [6.07, 6.45) is 1.80. The number of hydrogen-bond acceptors (Lipinski definition) is 3. The van der Waals surface area contributed by atoms with Crippen molar-refractivity contribution >= 4 is 0 Å². The first kappa shape index (κ1) is 13.6. The van der Waals surface area contributed by atoms with Crippen molar-refractivity contribution in [1.82, 2.24) is 10.3 Å². The van der Waals surface area contributed by atoms with Crippen molar-refractivity contribution in [3.63, 3.8) is 0 Å². The van der Waals surface area contributed by atoms with Gasteiger partial charge in [0.25, 0.3) is 0 Å². The first-order chi connectivity index (χ1) is 9.17. The van der Waals surface area contributed by atoms with E-state index in [9.17, 15) is 0 Å². The van der Waals surface area contributed by atoms with Crippen molar-refractivity contribution in [2.75, 3.05) is 14.2 Å². The maximum atomic E-state index is 5.42. The summed E-state index contributed by atoms with van der Waals surface area (Å²) in [5.74, 6) is 0.808. The highest BCUT2D eigenvalue weighted by Crippen LogP contribution is 2.29. The summed E-state index contributed by atoms with van der Waals surface area (Å²) < 4.78 is 5.42. The predicted molar refractivity (Wildman–Crippen MR) is 77.6 cm³/mol. The normalized spacial score (nSPS) is 12.2. The number of aromatic nitrogens is 1. The molecule has 2 aromatic rings. The Balaban J connectivity index is 2.53. The van der Waals surface area contributed by atoms with E-state index in [1.807, 2.05) is 19.2 Å². The van der Waals surface area contributed by atoms with Gasteiger partial charge in [0.05, 0.1) is 13.2 Å². The monoisotopic (exact) mass is 256 g/mol. The molecule has 100 valence electrons. The van der Waals surface area contributed by atoms with E-state index >= 15 is 0 Å². The molecule has 2 rings (SSSR count). The van der Waals surface area contributed by atoms with E-state index in [0.717, 1.165) is 11.4 Å². The highest BCUT2D eigenvalue weighted by atomic mass is 16.5. The molecule has 0 amide bonds. The van der Waals surface area contributed by atoms with Gasteiger partial charge in [0.2, 0.25) is 0 Å². The van der Waals surface area contributed by atoms with E-state index < -0.39 is 0 Å². The van der Waals surface area contributed by atoms with Crippen LogP contribution in [0.4, 0.5) is 0 Å². The quantitative estimate of drug-likeness (QED) is 0.913. The molecule has 0 fully saturated rings. The van der Waals surface area contributed by atoms with Crippen LogP contribution in [0.1, 0.15) is 28.4 Å². The van der Waals surface area contributed by atoms with Crippen molar-refractivity contribution < 1.29 is 4.74 Å². The zero-order valence-corrected chi connectivity index (χ0v) is 11.9. The van der Waals surface area contributed by atoms with Crippen molar-refractivity contribution in [2.24, 2.45) is 0 Å². The number of aryl methyl sites for hydroxylation is 2. The Bertz CT molecular complexity index is 566. The van der Waals surface area contributed by atoms with Crippen LogP contribution in [0, 0.1) is 13.8 Å². The van der Waals surface area contributed by atoms with Crippen LogP contribution in [0.15, 0.2) is 36.5 Å². The van der Waals surface area contributed by atoms with Crippen molar-refractivity contribution in [2.45, 2.75) is 19.9 Å². The molecular formula is C16H20N2O. The Morgan fingerprint density at radius 1 is 1.21 bits per heavy atom. The van der Waals surface area contributed by atoms with Gasteiger partial charge in [-0.05, 0) is 44.2 Å². The Morgan fingerprint density at radius 2 is 2.00 bits per heavy atom.